The number of nitrogens with one attached hydrogen (secondary N) is 2. The topological polar surface area (TPSA) is 62.2 Å². The van der Waals surface area contributed by atoms with Crippen LogP contribution in [0.5, 0.6) is 0 Å². The molecule has 36 heavy (non-hydrogen) atoms. The van der Waals surface area contributed by atoms with E-state index in [2.05, 4.69) is 86.9 Å². The number of hydrogen-bond donors (Lipinski definition) is 2. The van der Waals surface area contributed by atoms with Crippen LogP contribution in [0.2, 0.25) is 0 Å². The molecule has 0 aliphatic carbocycles. The lowest BCUT2D eigenvalue weighted by Crippen LogP contribution is -2.43. The molecule has 6 heteroatoms. The molecule has 4 aromatic rings. The Bertz CT molecular complexity index is 1320. The van der Waals surface area contributed by atoms with E-state index in [1.807, 2.05) is 30.3 Å². The van der Waals surface area contributed by atoms with Gasteiger partial charge in [-0.2, -0.15) is 0 Å². The second-order valence-electron chi connectivity index (χ2n) is 9.46. The summed E-state index contributed by atoms with van der Waals surface area (Å²) in [7, 11) is 2.09. The molecule has 0 unspecified atom stereocenters. The van der Waals surface area contributed by atoms with Crippen molar-refractivity contribution in [3.63, 3.8) is 0 Å². The highest BCUT2D eigenvalue weighted by atomic mass is 16.2. The van der Waals surface area contributed by atoms with Gasteiger partial charge in [0.25, 0.3) is 0 Å². The number of carbonyl (C=O) groups is 1. The Labute approximate surface area is 212 Å². The minimum absolute atomic E-state index is 0.0708. The monoisotopic (exact) mass is 479 g/mol. The summed E-state index contributed by atoms with van der Waals surface area (Å²) in [5.74, 6) is 0.0708. The van der Waals surface area contributed by atoms with E-state index in [0.717, 1.165) is 31.6 Å². The average molecular weight is 480 g/mol. The molecule has 1 fully saturated rings. The van der Waals surface area contributed by atoms with Crippen LogP contribution >= 0.6 is 0 Å². The van der Waals surface area contributed by atoms with Gasteiger partial charge in [-0.05, 0) is 35.2 Å². The van der Waals surface area contributed by atoms with Crippen molar-refractivity contribution in [1.82, 2.24) is 25.1 Å². The zero-order chi connectivity index (χ0) is 24.7. The Balaban J connectivity index is 1.25. The zero-order valence-corrected chi connectivity index (χ0v) is 20.7. The van der Waals surface area contributed by atoms with Crippen LogP contribution in [0.15, 0.2) is 91.4 Å². The highest BCUT2D eigenvalue weighted by Crippen LogP contribution is 2.23. The van der Waals surface area contributed by atoms with Crippen LogP contribution < -0.4 is 10.6 Å². The summed E-state index contributed by atoms with van der Waals surface area (Å²) < 4.78 is 2.18. The summed E-state index contributed by atoms with van der Waals surface area (Å²) in [5, 5.41) is 8.13. The van der Waals surface area contributed by atoms with Crippen LogP contribution in [0.25, 0.3) is 17.0 Å². The van der Waals surface area contributed by atoms with Crippen LogP contribution in [0.4, 0.5) is 0 Å². The number of pyridine rings is 1. The molecule has 1 saturated heterocycles. The molecule has 1 aliphatic heterocycles. The molecule has 2 aromatic carbocycles. The highest BCUT2D eigenvalue weighted by Gasteiger charge is 2.35. The molecule has 3 heterocycles. The molecule has 0 bridgehead atoms. The lowest BCUT2D eigenvalue weighted by atomic mass is 10.1. The number of hydrogen-bond acceptors (Lipinski definition) is 4. The van der Waals surface area contributed by atoms with E-state index in [1.54, 1.807) is 12.4 Å². The number of aryl methyl sites for hydroxylation is 1. The van der Waals surface area contributed by atoms with Gasteiger partial charge in [0.1, 0.15) is 0 Å². The van der Waals surface area contributed by atoms with Gasteiger partial charge < -0.3 is 15.2 Å². The Kier molecular flexibility index (Phi) is 7.55. The third-order valence-electron chi connectivity index (χ3n) is 6.91. The fourth-order valence-electron chi connectivity index (χ4n) is 5.04. The van der Waals surface area contributed by atoms with Gasteiger partial charge >= 0.3 is 0 Å². The number of likely N-dealkylation sites (tertiary alicyclic amines) is 1. The van der Waals surface area contributed by atoms with Crippen molar-refractivity contribution in [2.45, 2.75) is 31.6 Å². The van der Waals surface area contributed by atoms with Gasteiger partial charge in [0.15, 0.2) is 0 Å². The first-order chi connectivity index (χ1) is 17.7. The number of aromatic nitrogens is 2. The fraction of sp³-hybridized carbons (Fsp3) is 0.267. The molecule has 2 atom stereocenters. The molecule has 2 N–H and O–H groups in total. The summed E-state index contributed by atoms with van der Waals surface area (Å²) in [5.41, 5.74) is 4.69. The van der Waals surface area contributed by atoms with Gasteiger partial charge in [-0.3, -0.25) is 14.7 Å². The number of amides is 1. The Morgan fingerprint density at radius 3 is 2.72 bits per heavy atom. The van der Waals surface area contributed by atoms with Gasteiger partial charge in [-0.25, -0.2) is 0 Å². The molecule has 2 aromatic heterocycles. The van der Waals surface area contributed by atoms with Crippen LogP contribution in [0.1, 0.15) is 23.1 Å². The minimum atomic E-state index is -0.174. The average Bonchev–Trinajstić information content (AvgIpc) is 3.48. The number of benzene rings is 2. The normalized spacial score (nSPS) is 18.2. The summed E-state index contributed by atoms with van der Waals surface area (Å²) in [6.07, 6.45) is 10.8. The van der Waals surface area contributed by atoms with E-state index in [-0.39, 0.29) is 18.0 Å². The number of carbonyl (C=O) groups excluding carboxylic acids is 1. The van der Waals surface area contributed by atoms with Crippen LogP contribution in [-0.2, 0) is 24.9 Å². The van der Waals surface area contributed by atoms with E-state index in [9.17, 15) is 4.79 Å². The van der Waals surface area contributed by atoms with E-state index in [1.165, 1.54) is 22.0 Å². The smallest absolute Gasteiger partial charge is 0.237 e. The summed E-state index contributed by atoms with van der Waals surface area (Å²) in [6, 6.07) is 22.7. The van der Waals surface area contributed by atoms with E-state index < -0.39 is 0 Å². The lowest BCUT2D eigenvalue weighted by Gasteiger charge is -2.22. The molecule has 0 radical (unpaired) electrons. The Morgan fingerprint density at radius 2 is 1.89 bits per heavy atom. The summed E-state index contributed by atoms with van der Waals surface area (Å²) in [4.78, 5) is 19.7. The number of fused-ring (bicyclic) bond motifs is 1. The van der Waals surface area contributed by atoms with Crippen molar-refractivity contribution in [2.24, 2.45) is 7.05 Å². The van der Waals surface area contributed by atoms with E-state index >= 15 is 0 Å². The molecule has 184 valence electrons. The van der Waals surface area contributed by atoms with Gasteiger partial charge in [-0.1, -0.05) is 66.7 Å². The molecule has 0 saturated carbocycles. The minimum Gasteiger partial charge on any atom is -0.351 e. The fourth-order valence-corrected chi connectivity index (χ4v) is 5.04. The van der Waals surface area contributed by atoms with Gasteiger partial charge in [0.05, 0.1) is 6.04 Å². The highest BCUT2D eigenvalue weighted by molar-refractivity contribution is 5.84. The standard InChI is InChI=1S/C30H33N5O/c1-34-21-25(27-13-5-6-14-28(27)34)20-32-26-17-29(30(36)33-19-24-11-7-15-31-18-24)35(22-26)16-8-12-23-9-3-2-4-10-23/h2-15,18,21,26,29,32H,16-17,19-20,22H2,1H3,(H,33,36)/b12-8+/t26-,29-/m0/s1. The first-order valence-electron chi connectivity index (χ1n) is 12.6. The molecule has 0 spiro atoms. The maximum Gasteiger partial charge on any atom is 0.237 e. The SMILES string of the molecule is Cn1cc(CN[C@H]2C[C@@H](C(=O)NCc3cccnc3)N(C/C=C/c3ccccc3)C2)c2ccccc21. The number of nitrogens with zero attached hydrogens (tertiary/aromatic N) is 3. The van der Waals surface area contributed by atoms with Gasteiger partial charge in [0.2, 0.25) is 5.91 Å². The summed E-state index contributed by atoms with van der Waals surface area (Å²) >= 11 is 0. The molecule has 6 nitrogen and oxygen atoms in total. The maximum atomic E-state index is 13.2. The van der Waals surface area contributed by atoms with Gasteiger partial charge in [-0.15, -0.1) is 0 Å². The van der Waals surface area contributed by atoms with Crippen molar-refractivity contribution in [3.05, 3.63) is 108 Å². The van der Waals surface area contributed by atoms with E-state index in [4.69, 9.17) is 0 Å². The van der Waals surface area contributed by atoms with Crippen molar-refractivity contribution in [3.8, 4) is 0 Å². The van der Waals surface area contributed by atoms with E-state index in [0.29, 0.717) is 6.54 Å². The second kappa shape index (κ2) is 11.3. The zero-order valence-electron chi connectivity index (χ0n) is 20.7. The van der Waals surface area contributed by atoms with Gasteiger partial charge in [0, 0.05) is 68.8 Å². The van der Waals surface area contributed by atoms with Crippen LogP contribution in [0, 0.1) is 0 Å². The predicted molar refractivity (Wildman–Crippen MR) is 145 cm³/mol. The van der Waals surface area contributed by atoms with Crippen molar-refractivity contribution in [1.29, 1.82) is 0 Å². The predicted octanol–water partition coefficient (Wildman–Crippen LogP) is 4.14. The third-order valence-corrected chi connectivity index (χ3v) is 6.91. The Morgan fingerprint density at radius 1 is 1.06 bits per heavy atom. The molecule has 5 rings (SSSR count). The first kappa shape index (κ1) is 24.0. The van der Waals surface area contributed by atoms with Crippen molar-refractivity contribution in [2.75, 3.05) is 13.1 Å². The number of rotatable bonds is 9. The van der Waals surface area contributed by atoms with Crippen molar-refractivity contribution < 1.29 is 4.79 Å². The number of para-hydroxylation sites is 1. The Hall–Kier alpha value is -3.74. The maximum absolute atomic E-state index is 13.2. The van der Waals surface area contributed by atoms with Crippen LogP contribution in [0.3, 0.4) is 0 Å². The summed E-state index contributed by atoms with van der Waals surface area (Å²) in [6.45, 7) is 2.83. The largest absolute Gasteiger partial charge is 0.351 e. The molecule has 1 aliphatic rings. The van der Waals surface area contributed by atoms with Crippen LogP contribution in [-0.4, -0.2) is 45.5 Å². The quantitative estimate of drug-likeness (QED) is 0.379. The molecular weight excluding hydrogens is 446 g/mol. The van der Waals surface area contributed by atoms with Crippen molar-refractivity contribution >= 4 is 22.9 Å². The third kappa shape index (κ3) is 5.73. The molecule has 1 amide bonds. The lowest BCUT2D eigenvalue weighted by molar-refractivity contribution is -0.125. The molecular formula is C30H33N5O. The first-order valence-corrected chi connectivity index (χ1v) is 12.6. The second-order valence-corrected chi connectivity index (χ2v) is 9.46.